The Kier molecular flexibility index (Phi) is 9.55. The van der Waals surface area contributed by atoms with Gasteiger partial charge in [0.25, 0.3) is 0 Å². The molecule has 8 heteroatoms. The number of nitrogens with zero attached hydrogens (tertiary/aromatic N) is 4. The summed E-state index contributed by atoms with van der Waals surface area (Å²) in [4.78, 5) is 0. The van der Waals surface area contributed by atoms with Crippen molar-refractivity contribution in [3.8, 4) is 0 Å². The zero-order valence-electron chi connectivity index (χ0n) is 27.4. The van der Waals surface area contributed by atoms with Gasteiger partial charge in [-0.15, -0.1) is 5.10 Å². The Bertz CT molecular complexity index is 1380. The highest BCUT2D eigenvalue weighted by Gasteiger charge is 2.50. The normalized spacial score (nSPS) is 19.1. The maximum atomic E-state index is 6.32. The quantitative estimate of drug-likeness (QED) is 0.100. The van der Waals surface area contributed by atoms with E-state index >= 15 is 0 Å². The molecule has 2 fully saturated rings. The van der Waals surface area contributed by atoms with E-state index < -0.39 is 5.54 Å². The van der Waals surface area contributed by atoms with Gasteiger partial charge in [-0.2, -0.15) is 0 Å². The van der Waals surface area contributed by atoms with Crippen molar-refractivity contribution in [2.45, 2.75) is 114 Å². The van der Waals surface area contributed by atoms with Gasteiger partial charge in [0.2, 0.25) is 0 Å². The lowest BCUT2D eigenvalue weighted by Crippen LogP contribution is -2.47. The largest absolute Gasteiger partial charge is 0.457 e. The molecule has 1 saturated heterocycles. The second-order valence-corrected chi connectivity index (χ2v) is 13.8. The molecule has 0 spiro atoms. The van der Waals surface area contributed by atoms with Crippen molar-refractivity contribution < 1.29 is 9.31 Å². The molecule has 7 nitrogen and oxygen atoms in total. The maximum absolute atomic E-state index is 6.32. The van der Waals surface area contributed by atoms with Crippen molar-refractivity contribution in [2.75, 3.05) is 0 Å². The number of benzene rings is 3. The van der Waals surface area contributed by atoms with Crippen LogP contribution in [0.15, 0.2) is 91.0 Å². The molecule has 45 heavy (non-hydrogen) atoms. The highest BCUT2D eigenvalue weighted by atomic mass is 16.7. The van der Waals surface area contributed by atoms with Gasteiger partial charge in [0.05, 0.1) is 28.8 Å². The average Bonchev–Trinajstić information content (AvgIpc) is 3.63. The van der Waals surface area contributed by atoms with Crippen LogP contribution in [0.2, 0.25) is 6.32 Å². The Hall–Kier alpha value is -3.33. The van der Waals surface area contributed by atoms with Crippen LogP contribution >= 0.6 is 0 Å². The van der Waals surface area contributed by atoms with E-state index in [1.807, 2.05) is 0 Å². The van der Waals surface area contributed by atoms with Gasteiger partial charge in [-0.1, -0.05) is 123 Å². The highest BCUT2D eigenvalue weighted by Crippen LogP contribution is 2.41. The number of tetrazole rings is 1. The van der Waals surface area contributed by atoms with Crippen molar-refractivity contribution >= 4 is 7.12 Å². The number of unbranched alkanes of at least 4 members (excludes halogenated alkanes) is 1. The van der Waals surface area contributed by atoms with Crippen LogP contribution in [0.4, 0.5) is 0 Å². The van der Waals surface area contributed by atoms with Crippen molar-refractivity contribution in [3.05, 3.63) is 114 Å². The Morgan fingerprint density at radius 1 is 0.778 bits per heavy atom. The van der Waals surface area contributed by atoms with E-state index in [0.29, 0.717) is 6.04 Å². The minimum atomic E-state index is -0.622. The summed E-state index contributed by atoms with van der Waals surface area (Å²) in [5.74, 6) is 0.921. The minimum Gasteiger partial charge on any atom is -0.403 e. The Labute approximate surface area is 269 Å². The summed E-state index contributed by atoms with van der Waals surface area (Å²) in [6, 6.07) is 32.6. The first-order chi connectivity index (χ1) is 21.8. The van der Waals surface area contributed by atoms with E-state index in [2.05, 4.69) is 139 Å². The van der Waals surface area contributed by atoms with Crippen LogP contribution in [0.5, 0.6) is 0 Å². The van der Waals surface area contributed by atoms with Crippen molar-refractivity contribution in [3.63, 3.8) is 0 Å². The summed E-state index contributed by atoms with van der Waals surface area (Å²) in [6.45, 7) is 8.48. The van der Waals surface area contributed by atoms with Crippen molar-refractivity contribution in [2.24, 2.45) is 0 Å². The predicted octanol–water partition coefficient (Wildman–Crippen LogP) is 8.06. The first-order valence-corrected chi connectivity index (χ1v) is 16.9. The van der Waals surface area contributed by atoms with E-state index in [-0.39, 0.29) is 24.4 Å². The molecule has 1 saturated carbocycles. The summed E-state index contributed by atoms with van der Waals surface area (Å²) in [5.41, 5.74) is 2.29. The number of nitrogens with one attached hydrogen (secondary N) is 1. The smallest absolute Gasteiger partial charge is 0.403 e. The third kappa shape index (κ3) is 6.65. The summed E-state index contributed by atoms with van der Waals surface area (Å²) < 4.78 is 14.8. The third-order valence-electron chi connectivity index (χ3n) is 10.2. The molecule has 6 rings (SSSR count). The van der Waals surface area contributed by atoms with Gasteiger partial charge < -0.3 is 9.31 Å². The highest BCUT2D eigenvalue weighted by molar-refractivity contribution is 6.45. The molecule has 1 atom stereocenters. The predicted molar refractivity (Wildman–Crippen MR) is 180 cm³/mol. The monoisotopic (exact) mass is 605 g/mol. The van der Waals surface area contributed by atoms with Gasteiger partial charge in [0, 0.05) is 0 Å². The lowest BCUT2D eigenvalue weighted by atomic mass is 9.76. The SMILES string of the molecule is CC1(C)OB(CCCCC(NC(c2ccccc2)(c2ccccc2)c2ccccc2)c2nnnn2C2CCCCC2)OC1(C)C. The summed E-state index contributed by atoms with van der Waals surface area (Å²) in [7, 11) is -0.189. The van der Waals surface area contributed by atoms with Crippen molar-refractivity contribution in [1.29, 1.82) is 0 Å². The summed E-state index contributed by atoms with van der Waals surface area (Å²) in [5, 5.41) is 17.8. The molecule has 1 aromatic heterocycles. The Balaban J connectivity index is 1.36. The first-order valence-electron chi connectivity index (χ1n) is 16.9. The first kappa shape index (κ1) is 31.6. The van der Waals surface area contributed by atoms with Gasteiger partial charge in [0.15, 0.2) is 5.82 Å². The lowest BCUT2D eigenvalue weighted by molar-refractivity contribution is 0.00578. The van der Waals surface area contributed by atoms with Crippen LogP contribution in [0.1, 0.15) is 114 Å². The third-order valence-corrected chi connectivity index (χ3v) is 10.2. The standard InChI is InChI=1S/C37H48BN5O2/c1-35(2)36(3,4)45-38(44-35)28-18-17-27-33(34-40-41-42-43(34)32-25-15-8-16-26-32)39-37(29-19-9-5-10-20-29,30-21-11-6-12-22-30)31-23-13-7-14-24-31/h5-7,9-14,19-24,32-33,39H,8,15-18,25-28H2,1-4H3. The molecular weight excluding hydrogens is 557 g/mol. The van der Waals surface area contributed by atoms with E-state index in [9.17, 15) is 0 Å². The van der Waals surface area contributed by atoms with Gasteiger partial charge in [-0.25, -0.2) is 4.68 Å². The molecule has 3 aromatic carbocycles. The van der Waals surface area contributed by atoms with Gasteiger partial charge >= 0.3 is 7.12 Å². The summed E-state index contributed by atoms with van der Waals surface area (Å²) >= 11 is 0. The van der Waals surface area contributed by atoms with Gasteiger partial charge in [-0.3, -0.25) is 5.32 Å². The number of rotatable bonds is 12. The maximum Gasteiger partial charge on any atom is 0.457 e. The molecule has 1 aliphatic heterocycles. The number of hydrogen-bond acceptors (Lipinski definition) is 6. The second kappa shape index (κ2) is 13.6. The van der Waals surface area contributed by atoms with E-state index in [1.165, 1.54) is 36.0 Å². The van der Waals surface area contributed by atoms with Crippen LogP contribution in [0, 0.1) is 0 Å². The molecule has 1 aliphatic carbocycles. The fourth-order valence-corrected chi connectivity index (χ4v) is 7.10. The number of hydrogen-bond donors (Lipinski definition) is 1. The minimum absolute atomic E-state index is 0.0964. The summed E-state index contributed by atoms with van der Waals surface area (Å²) in [6.07, 6.45) is 9.66. The Morgan fingerprint density at radius 3 is 1.80 bits per heavy atom. The van der Waals surface area contributed by atoms with E-state index in [1.54, 1.807) is 0 Å². The lowest BCUT2D eigenvalue weighted by Gasteiger charge is -2.40. The fraction of sp³-hybridized carbons (Fsp3) is 0.486. The molecule has 0 radical (unpaired) electrons. The molecular formula is C37H48BN5O2. The number of aromatic nitrogens is 4. The molecule has 0 amide bonds. The topological polar surface area (TPSA) is 74.1 Å². The zero-order chi connectivity index (χ0) is 31.3. The second-order valence-electron chi connectivity index (χ2n) is 13.8. The molecule has 1 unspecified atom stereocenters. The van der Waals surface area contributed by atoms with Crippen LogP contribution in [0.25, 0.3) is 0 Å². The van der Waals surface area contributed by atoms with Crippen LogP contribution in [-0.2, 0) is 14.8 Å². The van der Waals surface area contributed by atoms with Crippen LogP contribution in [0.3, 0.4) is 0 Å². The molecule has 4 aromatic rings. The van der Waals surface area contributed by atoms with Crippen LogP contribution < -0.4 is 5.32 Å². The molecule has 2 heterocycles. The molecule has 2 aliphatic rings. The van der Waals surface area contributed by atoms with Gasteiger partial charge in [-0.05, 0) is 80.4 Å². The zero-order valence-corrected chi connectivity index (χ0v) is 27.4. The van der Waals surface area contributed by atoms with Crippen molar-refractivity contribution in [1.82, 2.24) is 25.5 Å². The fourth-order valence-electron chi connectivity index (χ4n) is 7.10. The van der Waals surface area contributed by atoms with Crippen LogP contribution in [-0.4, -0.2) is 38.5 Å². The molecule has 0 bridgehead atoms. The Morgan fingerprint density at radius 2 is 1.29 bits per heavy atom. The van der Waals surface area contributed by atoms with E-state index in [0.717, 1.165) is 44.2 Å². The molecule has 1 N–H and O–H groups in total. The average molecular weight is 606 g/mol. The molecule has 236 valence electrons. The van der Waals surface area contributed by atoms with Gasteiger partial charge in [0.1, 0.15) is 0 Å². The van der Waals surface area contributed by atoms with E-state index in [4.69, 9.17) is 14.4 Å².